The average Bonchev–Trinajstić information content (AvgIpc) is 3.03. The number of rotatable bonds is 6. The number of aromatic nitrogens is 2. The number of anilines is 1. The number of benzene rings is 2. The lowest BCUT2D eigenvalue weighted by atomic mass is 10.1. The molecule has 0 aliphatic heterocycles. The van der Waals surface area contributed by atoms with Gasteiger partial charge in [0.25, 0.3) is 5.91 Å². The molecule has 0 atom stereocenters. The zero-order valence-corrected chi connectivity index (χ0v) is 14.9. The van der Waals surface area contributed by atoms with Crippen molar-refractivity contribution in [3.63, 3.8) is 0 Å². The summed E-state index contributed by atoms with van der Waals surface area (Å²) < 4.78 is 0.867. The van der Waals surface area contributed by atoms with Crippen LogP contribution in [0, 0.1) is 6.92 Å². The van der Waals surface area contributed by atoms with Crippen LogP contribution >= 0.6 is 23.1 Å². The van der Waals surface area contributed by atoms with Crippen molar-refractivity contribution in [1.82, 2.24) is 10.2 Å². The Balaban J connectivity index is 1.54. The Morgan fingerprint density at radius 1 is 1.08 bits per heavy atom. The minimum Gasteiger partial charge on any atom is -0.296 e. The smallest absolute Gasteiger partial charge is 0.257 e. The molecule has 2 aromatic carbocycles. The molecular weight excluding hydrogens is 338 g/mol. The second kappa shape index (κ2) is 8.08. The average molecular weight is 355 g/mol. The van der Waals surface area contributed by atoms with Crippen molar-refractivity contribution in [2.24, 2.45) is 0 Å². The molecule has 1 amide bonds. The summed E-state index contributed by atoms with van der Waals surface area (Å²) in [7, 11) is 0. The Kier molecular flexibility index (Phi) is 5.61. The molecule has 6 heteroatoms. The number of amides is 1. The summed E-state index contributed by atoms with van der Waals surface area (Å²) >= 11 is 3.06. The Hall–Kier alpha value is -2.18. The van der Waals surface area contributed by atoms with Crippen LogP contribution in [-0.4, -0.2) is 21.9 Å². The first-order valence-corrected chi connectivity index (χ1v) is 9.40. The maximum absolute atomic E-state index is 12.3. The number of carbonyl (C=O) groups is 1. The molecule has 24 heavy (non-hydrogen) atoms. The van der Waals surface area contributed by atoms with Gasteiger partial charge in [0.1, 0.15) is 0 Å². The molecule has 0 saturated carbocycles. The van der Waals surface area contributed by atoms with Gasteiger partial charge in [-0.05, 0) is 30.5 Å². The summed E-state index contributed by atoms with van der Waals surface area (Å²) in [5, 5.41) is 11.5. The van der Waals surface area contributed by atoms with Gasteiger partial charge in [0.05, 0.1) is 0 Å². The first-order chi connectivity index (χ1) is 11.7. The van der Waals surface area contributed by atoms with Crippen LogP contribution in [-0.2, 0) is 6.42 Å². The minimum absolute atomic E-state index is 0.148. The molecule has 4 nitrogen and oxygen atoms in total. The first-order valence-electron chi connectivity index (χ1n) is 7.59. The first kappa shape index (κ1) is 16.7. The zero-order chi connectivity index (χ0) is 16.8. The van der Waals surface area contributed by atoms with E-state index in [4.69, 9.17) is 0 Å². The van der Waals surface area contributed by atoms with Crippen molar-refractivity contribution >= 4 is 34.1 Å². The van der Waals surface area contributed by atoms with E-state index in [-0.39, 0.29) is 5.91 Å². The van der Waals surface area contributed by atoms with Crippen LogP contribution in [0.15, 0.2) is 58.9 Å². The summed E-state index contributed by atoms with van der Waals surface area (Å²) in [6.45, 7) is 1.92. The normalized spacial score (nSPS) is 10.5. The highest BCUT2D eigenvalue weighted by atomic mass is 32.2. The third-order valence-corrected chi connectivity index (χ3v) is 5.45. The summed E-state index contributed by atoms with van der Waals surface area (Å²) in [5.41, 5.74) is 2.91. The molecule has 3 aromatic rings. The molecule has 1 N–H and O–H groups in total. The fourth-order valence-electron chi connectivity index (χ4n) is 2.21. The molecule has 0 aliphatic rings. The lowest BCUT2D eigenvalue weighted by molar-refractivity contribution is 0.102. The third-order valence-electron chi connectivity index (χ3n) is 3.48. The number of nitrogens with zero attached hydrogens (tertiary/aromatic N) is 2. The predicted octanol–water partition coefficient (Wildman–Crippen LogP) is 4.43. The summed E-state index contributed by atoms with van der Waals surface area (Å²) in [4.78, 5) is 12.3. The maximum atomic E-state index is 12.3. The number of aryl methyl sites for hydroxylation is 2. The fourth-order valence-corrected chi connectivity index (χ4v) is 4.02. The highest BCUT2D eigenvalue weighted by molar-refractivity contribution is 8.01. The van der Waals surface area contributed by atoms with Gasteiger partial charge in [-0.15, -0.1) is 10.2 Å². The molecule has 1 aromatic heterocycles. The van der Waals surface area contributed by atoms with E-state index in [0.29, 0.717) is 10.7 Å². The molecule has 3 rings (SSSR count). The van der Waals surface area contributed by atoms with Gasteiger partial charge in [-0.2, -0.15) is 0 Å². The molecule has 0 unspecified atom stereocenters. The van der Waals surface area contributed by atoms with Crippen molar-refractivity contribution in [2.45, 2.75) is 17.7 Å². The molecule has 122 valence electrons. The lowest BCUT2D eigenvalue weighted by Crippen LogP contribution is -2.12. The molecule has 0 bridgehead atoms. The van der Waals surface area contributed by atoms with E-state index in [1.165, 1.54) is 16.9 Å². The van der Waals surface area contributed by atoms with Crippen molar-refractivity contribution in [3.8, 4) is 0 Å². The number of nitrogens with one attached hydrogen (secondary N) is 1. The van der Waals surface area contributed by atoms with Crippen LogP contribution in [0.5, 0.6) is 0 Å². The van der Waals surface area contributed by atoms with Gasteiger partial charge in [0, 0.05) is 11.3 Å². The van der Waals surface area contributed by atoms with Crippen molar-refractivity contribution in [2.75, 3.05) is 11.1 Å². The van der Waals surface area contributed by atoms with E-state index < -0.39 is 0 Å². The van der Waals surface area contributed by atoms with Crippen LogP contribution < -0.4 is 5.32 Å². The van der Waals surface area contributed by atoms with E-state index in [1.54, 1.807) is 17.8 Å². The van der Waals surface area contributed by atoms with Crippen molar-refractivity contribution < 1.29 is 4.79 Å². The fraction of sp³-hybridized carbons (Fsp3) is 0.167. The molecule has 1 heterocycles. The number of hydrogen-bond acceptors (Lipinski definition) is 5. The van der Waals surface area contributed by atoms with Crippen LogP contribution in [0.1, 0.15) is 21.5 Å². The predicted molar refractivity (Wildman–Crippen MR) is 99.9 cm³/mol. The molecule has 0 spiro atoms. The Labute approximate surface area is 149 Å². The second-order valence-electron chi connectivity index (χ2n) is 5.23. The standard InChI is InChI=1S/C18H17N3OS2/c1-13-7-5-6-10-15(13)16(22)19-17-20-21-18(24-17)23-12-11-14-8-3-2-4-9-14/h2-10H,11-12H2,1H3,(H,19,20,22). The Morgan fingerprint density at radius 3 is 2.62 bits per heavy atom. The van der Waals surface area contributed by atoms with Gasteiger partial charge in [0.15, 0.2) is 4.34 Å². The Morgan fingerprint density at radius 2 is 1.83 bits per heavy atom. The molecule has 0 fully saturated rings. The second-order valence-corrected chi connectivity index (χ2v) is 7.55. The van der Waals surface area contributed by atoms with Crippen LogP contribution in [0.25, 0.3) is 0 Å². The van der Waals surface area contributed by atoms with Gasteiger partial charge >= 0.3 is 0 Å². The van der Waals surface area contributed by atoms with Gasteiger partial charge in [-0.1, -0.05) is 71.6 Å². The summed E-state index contributed by atoms with van der Waals surface area (Å²) in [6.07, 6.45) is 0.982. The highest BCUT2D eigenvalue weighted by Gasteiger charge is 2.12. The van der Waals surface area contributed by atoms with E-state index in [1.807, 2.05) is 43.3 Å². The van der Waals surface area contributed by atoms with E-state index in [9.17, 15) is 4.79 Å². The zero-order valence-electron chi connectivity index (χ0n) is 13.2. The van der Waals surface area contributed by atoms with Gasteiger partial charge < -0.3 is 0 Å². The molecule has 0 radical (unpaired) electrons. The number of carbonyl (C=O) groups excluding carboxylic acids is 1. The van der Waals surface area contributed by atoms with Crippen LogP contribution in [0.3, 0.4) is 0 Å². The molecule has 0 saturated heterocycles. The minimum atomic E-state index is -0.148. The number of hydrogen-bond donors (Lipinski definition) is 1. The van der Waals surface area contributed by atoms with Crippen LogP contribution in [0.4, 0.5) is 5.13 Å². The van der Waals surface area contributed by atoms with Gasteiger partial charge in [-0.25, -0.2) is 0 Å². The molecular formula is C18H17N3OS2. The van der Waals surface area contributed by atoms with Crippen molar-refractivity contribution in [3.05, 3.63) is 71.3 Å². The third kappa shape index (κ3) is 4.43. The van der Waals surface area contributed by atoms with Crippen molar-refractivity contribution in [1.29, 1.82) is 0 Å². The maximum Gasteiger partial charge on any atom is 0.257 e. The quantitative estimate of drug-likeness (QED) is 0.525. The summed E-state index contributed by atoms with van der Waals surface area (Å²) in [5.74, 6) is 0.787. The van der Waals surface area contributed by atoms with Crippen LogP contribution in [0.2, 0.25) is 0 Å². The SMILES string of the molecule is Cc1ccccc1C(=O)Nc1nnc(SCCc2ccccc2)s1. The summed E-state index contributed by atoms with van der Waals surface area (Å²) in [6, 6.07) is 17.8. The lowest BCUT2D eigenvalue weighted by Gasteiger charge is -2.03. The van der Waals surface area contributed by atoms with E-state index in [2.05, 4.69) is 27.6 Å². The highest BCUT2D eigenvalue weighted by Crippen LogP contribution is 2.26. The largest absolute Gasteiger partial charge is 0.296 e. The number of thioether (sulfide) groups is 1. The van der Waals surface area contributed by atoms with Gasteiger partial charge in [0.2, 0.25) is 5.13 Å². The van der Waals surface area contributed by atoms with E-state index >= 15 is 0 Å². The van der Waals surface area contributed by atoms with E-state index in [0.717, 1.165) is 22.1 Å². The Bertz CT molecular complexity index is 818. The topological polar surface area (TPSA) is 54.9 Å². The van der Waals surface area contributed by atoms with Gasteiger partial charge in [-0.3, -0.25) is 10.1 Å². The monoisotopic (exact) mass is 355 g/mol. The molecule has 0 aliphatic carbocycles.